The molecule has 1 saturated carbocycles. The Morgan fingerprint density at radius 1 is 1.44 bits per heavy atom. The molecule has 1 N–H and O–H groups in total. The molecule has 0 radical (unpaired) electrons. The lowest BCUT2D eigenvalue weighted by Crippen LogP contribution is -2.28. The Bertz CT molecular complexity index is 377. The minimum atomic E-state index is 0.311. The fraction of sp³-hybridized carbons (Fsp3) is 0.786. The first-order valence-corrected chi connectivity index (χ1v) is 6.79. The van der Waals surface area contributed by atoms with Gasteiger partial charge in [0.25, 0.3) is 0 Å². The lowest BCUT2D eigenvalue weighted by molar-refractivity contribution is 0.200. The zero-order valence-electron chi connectivity index (χ0n) is 12.0. The van der Waals surface area contributed by atoms with Crippen LogP contribution in [0.2, 0.25) is 0 Å². The normalized spacial score (nSPS) is 16.5. The molecule has 1 fully saturated rings. The van der Waals surface area contributed by atoms with Gasteiger partial charge in [0, 0.05) is 25.2 Å². The molecule has 4 nitrogen and oxygen atoms in total. The first-order valence-electron chi connectivity index (χ1n) is 6.79. The lowest BCUT2D eigenvalue weighted by Gasteiger charge is -2.25. The van der Waals surface area contributed by atoms with Crippen LogP contribution in [0.4, 0.5) is 0 Å². The smallest absolute Gasteiger partial charge is 0.151 e. The van der Waals surface area contributed by atoms with Crippen molar-refractivity contribution in [2.24, 2.45) is 5.41 Å². The molecule has 0 spiro atoms. The summed E-state index contributed by atoms with van der Waals surface area (Å²) < 4.78 is 5.37. The molecule has 2 rings (SSSR count). The summed E-state index contributed by atoms with van der Waals surface area (Å²) in [5, 5.41) is 7.54. The fourth-order valence-corrected chi connectivity index (χ4v) is 2.18. The highest BCUT2D eigenvalue weighted by molar-refractivity contribution is 5.05. The van der Waals surface area contributed by atoms with E-state index in [1.165, 1.54) is 12.8 Å². The highest BCUT2D eigenvalue weighted by atomic mass is 16.5. The zero-order chi connectivity index (χ0) is 13.2. The Hall–Kier alpha value is -0.870. The number of nitrogens with one attached hydrogen (secondary N) is 1. The molecule has 4 heteroatoms. The molecule has 1 aliphatic rings. The van der Waals surface area contributed by atoms with Gasteiger partial charge in [-0.25, -0.2) is 0 Å². The molecule has 18 heavy (non-hydrogen) atoms. The summed E-state index contributed by atoms with van der Waals surface area (Å²) in [4.78, 5) is 2.28. The van der Waals surface area contributed by atoms with Crippen LogP contribution in [0, 0.1) is 5.41 Å². The summed E-state index contributed by atoms with van der Waals surface area (Å²) in [5.41, 5.74) is 1.33. The van der Waals surface area contributed by atoms with E-state index in [1.807, 2.05) is 0 Å². The molecule has 0 saturated heterocycles. The van der Waals surface area contributed by atoms with E-state index in [9.17, 15) is 0 Å². The van der Waals surface area contributed by atoms with E-state index in [0.717, 1.165) is 31.1 Å². The Morgan fingerprint density at radius 3 is 2.78 bits per heavy atom. The van der Waals surface area contributed by atoms with Crippen LogP contribution in [0.3, 0.4) is 0 Å². The maximum absolute atomic E-state index is 5.37. The van der Waals surface area contributed by atoms with Gasteiger partial charge in [0.15, 0.2) is 5.76 Å². The van der Waals surface area contributed by atoms with Crippen molar-refractivity contribution >= 4 is 0 Å². The SMILES string of the molecule is CN(Cc1cc(CNC2CC2)no1)CC(C)(C)C. The van der Waals surface area contributed by atoms with E-state index in [0.29, 0.717) is 11.5 Å². The summed E-state index contributed by atoms with van der Waals surface area (Å²) in [6.45, 7) is 9.44. The van der Waals surface area contributed by atoms with E-state index in [2.05, 4.69) is 49.3 Å². The van der Waals surface area contributed by atoms with E-state index >= 15 is 0 Å². The Balaban J connectivity index is 1.77. The Labute approximate surface area is 110 Å². The molecule has 102 valence electrons. The van der Waals surface area contributed by atoms with Crippen molar-refractivity contribution in [1.29, 1.82) is 0 Å². The van der Waals surface area contributed by atoms with Crippen LogP contribution >= 0.6 is 0 Å². The van der Waals surface area contributed by atoms with Crippen LogP contribution in [-0.4, -0.2) is 29.7 Å². The van der Waals surface area contributed by atoms with E-state index in [4.69, 9.17) is 4.52 Å². The van der Waals surface area contributed by atoms with Crippen LogP contribution in [-0.2, 0) is 13.1 Å². The van der Waals surface area contributed by atoms with E-state index in [1.54, 1.807) is 0 Å². The van der Waals surface area contributed by atoms with Gasteiger partial charge in [0.1, 0.15) is 0 Å². The van der Waals surface area contributed by atoms with Gasteiger partial charge in [-0.15, -0.1) is 0 Å². The summed E-state index contributed by atoms with van der Waals surface area (Å²) >= 11 is 0. The Kier molecular flexibility index (Phi) is 4.07. The molecule has 1 aromatic rings. The Morgan fingerprint density at radius 2 is 2.17 bits per heavy atom. The quantitative estimate of drug-likeness (QED) is 0.843. The van der Waals surface area contributed by atoms with Crippen LogP contribution in [0.25, 0.3) is 0 Å². The van der Waals surface area contributed by atoms with Gasteiger partial charge in [0.2, 0.25) is 0 Å². The van der Waals surface area contributed by atoms with Crippen molar-refractivity contribution in [3.8, 4) is 0 Å². The number of rotatable bonds is 6. The van der Waals surface area contributed by atoms with Gasteiger partial charge < -0.3 is 9.84 Å². The molecule has 0 atom stereocenters. The second kappa shape index (κ2) is 5.41. The third kappa shape index (κ3) is 4.78. The van der Waals surface area contributed by atoms with Gasteiger partial charge in [-0.1, -0.05) is 25.9 Å². The van der Waals surface area contributed by atoms with Crippen molar-refractivity contribution in [3.63, 3.8) is 0 Å². The first-order chi connectivity index (χ1) is 8.42. The van der Waals surface area contributed by atoms with E-state index in [-0.39, 0.29) is 0 Å². The number of nitrogens with zero attached hydrogens (tertiary/aromatic N) is 2. The summed E-state index contributed by atoms with van der Waals surface area (Å²) in [7, 11) is 2.12. The summed E-state index contributed by atoms with van der Waals surface area (Å²) in [5.74, 6) is 0.953. The van der Waals surface area contributed by atoms with Crippen LogP contribution in [0.15, 0.2) is 10.6 Å². The van der Waals surface area contributed by atoms with Crippen molar-refractivity contribution in [2.45, 2.75) is 52.7 Å². The molecule has 1 aromatic heterocycles. The predicted molar refractivity (Wildman–Crippen MR) is 72.2 cm³/mol. The van der Waals surface area contributed by atoms with Gasteiger partial charge in [0.05, 0.1) is 12.2 Å². The highest BCUT2D eigenvalue weighted by Gasteiger charge is 2.21. The lowest BCUT2D eigenvalue weighted by atomic mass is 9.96. The molecule has 1 heterocycles. The minimum Gasteiger partial charge on any atom is -0.360 e. The molecular formula is C14H25N3O. The molecule has 1 aliphatic carbocycles. The molecule has 0 aromatic carbocycles. The van der Waals surface area contributed by atoms with Gasteiger partial charge in [-0.3, -0.25) is 4.90 Å². The average Bonchev–Trinajstić information content (AvgIpc) is 2.94. The zero-order valence-corrected chi connectivity index (χ0v) is 12.0. The molecule has 0 aliphatic heterocycles. The average molecular weight is 251 g/mol. The van der Waals surface area contributed by atoms with Crippen LogP contribution < -0.4 is 5.32 Å². The molecular weight excluding hydrogens is 226 g/mol. The number of hydrogen-bond donors (Lipinski definition) is 1. The van der Waals surface area contributed by atoms with Gasteiger partial charge >= 0.3 is 0 Å². The largest absolute Gasteiger partial charge is 0.360 e. The topological polar surface area (TPSA) is 41.3 Å². The van der Waals surface area contributed by atoms with Crippen molar-refractivity contribution < 1.29 is 4.52 Å². The third-order valence-corrected chi connectivity index (χ3v) is 2.93. The molecule has 0 amide bonds. The van der Waals surface area contributed by atoms with Crippen LogP contribution in [0.5, 0.6) is 0 Å². The molecule has 0 bridgehead atoms. The van der Waals surface area contributed by atoms with Crippen molar-refractivity contribution in [1.82, 2.24) is 15.4 Å². The fourth-order valence-electron chi connectivity index (χ4n) is 2.18. The predicted octanol–water partition coefficient (Wildman–Crippen LogP) is 2.40. The van der Waals surface area contributed by atoms with Crippen molar-refractivity contribution in [2.75, 3.05) is 13.6 Å². The number of aromatic nitrogens is 1. The highest BCUT2D eigenvalue weighted by Crippen LogP contribution is 2.19. The monoisotopic (exact) mass is 251 g/mol. The van der Waals surface area contributed by atoms with E-state index < -0.39 is 0 Å². The maximum Gasteiger partial charge on any atom is 0.151 e. The summed E-state index contributed by atoms with van der Waals surface area (Å²) in [6, 6.07) is 2.78. The standard InChI is InChI=1S/C14H25N3O/c1-14(2,3)10-17(4)9-13-7-12(16-18-13)8-15-11-5-6-11/h7,11,15H,5-6,8-10H2,1-4H3. The first kappa shape index (κ1) is 13.6. The second-order valence-corrected chi connectivity index (χ2v) is 6.67. The van der Waals surface area contributed by atoms with Crippen molar-refractivity contribution in [3.05, 3.63) is 17.5 Å². The van der Waals surface area contributed by atoms with Crippen LogP contribution in [0.1, 0.15) is 45.1 Å². The second-order valence-electron chi connectivity index (χ2n) is 6.67. The minimum absolute atomic E-state index is 0.311. The maximum atomic E-state index is 5.37. The third-order valence-electron chi connectivity index (χ3n) is 2.93. The number of hydrogen-bond acceptors (Lipinski definition) is 4. The van der Waals surface area contributed by atoms with Gasteiger partial charge in [-0.05, 0) is 25.3 Å². The van der Waals surface area contributed by atoms with Gasteiger partial charge in [-0.2, -0.15) is 0 Å². The summed E-state index contributed by atoms with van der Waals surface area (Å²) in [6.07, 6.45) is 2.61. The molecule has 0 unspecified atom stereocenters.